The average Bonchev–Trinajstić information content (AvgIpc) is 2.31. The predicted octanol–water partition coefficient (Wildman–Crippen LogP) is 4.33. The Bertz CT molecular complexity index is 586. The molecular weight excluding hydrogens is 323 g/mol. The first-order valence-corrected chi connectivity index (χ1v) is 6.96. The largest absolute Gasteiger partial charge is 0.333 e. The molecule has 0 unspecified atom stereocenters. The summed E-state index contributed by atoms with van der Waals surface area (Å²) < 4.78 is 14.3. The summed E-state index contributed by atoms with van der Waals surface area (Å²) in [6.07, 6.45) is 1.67. The SMILES string of the molecule is Fc1cccc(SCc2ncc(Br)c(=S)[nH]2)c1. The molecule has 1 aromatic heterocycles. The van der Waals surface area contributed by atoms with Gasteiger partial charge in [-0.3, -0.25) is 0 Å². The van der Waals surface area contributed by atoms with Crippen molar-refractivity contribution in [2.75, 3.05) is 0 Å². The van der Waals surface area contributed by atoms with Gasteiger partial charge in [-0.2, -0.15) is 0 Å². The highest BCUT2D eigenvalue weighted by molar-refractivity contribution is 9.10. The normalized spacial score (nSPS) is 10.5. The van der Waals surface area contributed by atoms with Gasteiger partial charge in [-0.15, -0.1) is 11.8 Å². The van der Waals surface area contributed by atoms with Gasteiger partial charge in [-0.25, -0.2) is 9.37 Å². The molecule has 0 saturated heterocycles. The fraction of sp³-hybridized carbons (Fsp3) is 0.0909. The number of H-pyrrole nitrogens is 1. The number of aromatic amines is 1. The van der Waals surface area contributed by atoms with Gasteiger partial charge in [0.25, 0.3) is 0 Å². The zero-order valence-corrected chi connectivity index (χ0v) is 11.8. The molecule has 17 heavy (non-hydrogen) atoms. The van der Waals surface area contributed by atoms with Gasteiger partial charge < -0.3 is 4.98 Å². The van der Waals surface area contributed by atoms with Crippen molar-refractivity contribution < 1.29 is 4.39 Å². The molecule has 0 atom stereocenters. The van der Waals surface area contributed by atoms with Gasteiger partial charge in [0.15, 0.2) is 0 Å². The topological polar surface area (TPSA) is 28.7 Å². The van der Waals surface area contributed by atoms with E-state index in [1.54, 1.807) is 12.3 Å². The van der Waals surface area contributed by atoms with Crippen molar-refractivity contribution in [2.24, 2.45) is 0 Å². The second-order valence-corrected chi connectivity index (χ2v) is 5.56. The molecule has 0 spiro atoms. The summed E-state index contributed by atoms with van der Waals surface area (Å²) in [5.74, 6) is 1.17. The van der Waals surface area contributed by atoms with E-state index in [4.69, 9.17) is 12.2 Å². The molecule has 0 amide bonds. The van der Waals surface area contributed by atoms with Crippen LogP contribution in [0.15, 0.2) is 39.8 Å². The molecule has 0 radical (unpaired) electrons. The fourth-order valence-corrected chi connectivity index (χ4v) is 2.39. The smallest absolute Gasteiger partial charge is 0.124 e. The summed E-state index contributed by atoms with van der Waals surface area (Å²) in [5, 5.41) is 0. The van der Waals surface area contributed by atoms with E-state index < -0.39 is 0 Å². The van der Waals surface area contributed by atoms with Crippen molar-refractivity contribution in [3.63, 3.8) is 0 Å². The summed E-state index contributed by atoms with van der Waals surface area (Å²) in [5.41, 5.74) is 0. The van der Waals surface area contributed by atoms with Crippen molar-refractivity contribution >= 4 is 39.9 Å². The molecule has 0 saturated carbocycles. The zero-order chi connectivity index (χ0) is 12.3. The summed E-state index contributed by atoms with van der Waals surface area (Å²) in [7, 11) is 0. The monoisotopic (exact) mass is 330 g/mol. The summed E-state index contributed by atoms with van der Waals surface area (Å²) in [4.78, 5) is 8.07. The highest BCUT2D eigenvalue weighted by Gasteiger charge is 2.00. The van der Waals surface area contributed by atoms with Crippen LogP contribution in [0.1, 0.15) is 5.82 Å². The maximum Gasteiger partial charge on any atom is 0.124 e. The maximum atomic E-state index is 13.0. The van der Waals surface area contributed by atoms with Gasteiger partial charge in [-0.1, -0.05) is 18.3 Å². The van der Waals surface area contributed by atoms with Crippen LogP contribution >= 0.6 is 39.9 Å². The second kappa shape index (κ2) is 5.75. The summed E-state index contributed by atoms with van der Waals surface area (Å²) in [6.45, 7) is 0. The second-order valence-electron chi connectivity index (χ2n) is 3.25. The number of nitrogens with zero attached hydrogens (tertiary/aromatic N) is 1. The minimum Gasteiger partial charge on any atom is -0.333 e. The molecule has 0 aliphatic carbocycles. The Morgan fingerprint density at radius 3 is 3.00 bits per heavy atom. The number of benzene rings is 1. The quantitative estimate of drug-likeness (QED) is 0.670. The van der Waals surface area contributed by atoms with Crippen molar-refractivity contribution in [2.45, 2.75) is 10.6 Å². The molecular formula is C11H8BrFN2S2. The van der Waals surface area contributed by atoms with Crippen LogP contribution in [0.2, 0.25) is 0 Å². The molecule has 0 aliphatic heterocycles. The highest BCUT2D eigenvalue weighted by atomic mass is 79.9. The lowest BCUT2D eigenvalue weighted by atomic mass is 10.4. The van der Waals surface area contributed by atoms with Gasteiger partial charge in [0.05, 0.1) is 10.2 Å². The fourth-order valence-electron chi connectivity index (χ4n) is 1.20. The lowest BCUT2D eigenvalue weighted by Crippen LogP contribution is -1.92. The van der Waals surface area contributed by atoms with Gasteiger partial charge in [0.1, 0.15) is 16.3 Å². The zero-order valence-electron chi connectivity index (χ0n) is 8.61. The molecule has 1 N–H and O–H groups in total. The van der Waals surface area contributed by atoms with E-state index in [9.17, 15) is 4.39 Å². The van der Waals surface area contributed by atoms with E-state index in [0.29, 0.717) is 10.4 Å². The van der Waals surface area contributed by atoms with Gasteiger partial charge in [-0.05, 0) is 34.1 Å². The van der Waals surface area contributed by atoms with E-state index in [-0.39, 0.29) is 5.82 Å². The van der Waals surface area contributed by atoms with Crippen LogP contribution in [0.25, 0.3) is 0 Å². The molecule has 0 fully saturated rings. The summed E-state index contributed by atoms with van der Waals surface area (Å²) >= 11 is 9.87. The van der Waals surface area contributed by atoms with E-state index in [0.717, 1.165) is 15.2 Å². The molecule has 6 heteroatoms. The first kappa shape index (κ1) is 12.7. The van der Waals surface area contributed by atoms with Crippen LogP contribution in [-0.2, 0) is 5.75 Å². The van der Waals surface area contributed by atoms with Crippen LogP contribution in [-0.4, -0.2) is 9.97 Å². The first-order chi connectivity index (χ1) is 8.15. The van der Waals surface area contributed by atoms with Crippen molar-refractivity contribution in [1.29, 1.82) is 0 Å². The van der Waals surface area contributed by atoms with Gasteiger partial charge >= 0.3 is 0 Å². The molecule has 2 nitrogen and oxygen atoms in total. The van der Waals surface area contributed by atoms with E-state index in [1.165, 1.54) is 23.9 Å². The number of thioether (sulfide) groups is 1. The Morgan fingerprint density at radius 2 is 2.29 bits per heavy atom. The Hall–Kier alpha value is -0.720. The first-order valence-electron chi connectivity index (χ1n) is 4.77. The number of nitrogens with one attached hydrogen (secondary N) is 1. The van der Waals surface area contributed by atoms with Crippen molar-refractivity contribution in [3.8, 4) is 0 Å². The Labute approximate surface area is 116 Å². The van der Waals surface area contributed by atoms with Crippen LogP contribution in [0.4, 0.5) is 4.39 Å². The molecule has 1 heterocycles. The third kappa shape index (κ3) is 3.62. The van der Waals surface area contributed by atoms with Crippen LogP contribution in [0.3, 0.4) is 0 Å². The number of halogens is 2. The lowest BCUT2D eigenvalue weighted by Gasteiger charge is -2.02. The number of hydrogen-bond donors (Lipinski definition) is 1. The number of aromatic nitrogens is 2. The van der Waals surface area contributed by atoms with E-state index >= 15 is 0 Å². The molecule has 2 aromatic rings. The van der Waals surface area contributed by atoms with Crippen LogP contribution in [0, 0.1) is 10.5 Å². The van der Waals surface area contributed by atoms with Gasteiger partial charge in [0.2, 0.25) is 0 Å². The van der Waals surface area contributed by atoms with Crippen LogP contribution < -0.4 is 0 Å². The molecule has 88 valence electrons. The number of rotatable bonds is 3. The maximum absolute atomic E-state index is 13.0. The van der Waals surface area contributed by atoms with Crippen LogP contribution in [0.5, 0.6) is 0 Å². The lowest BCUT2D eigenvalue weighted by molar-refractivity contribution is 0.624. The third-order valence-corrected chi connectivity index (χ3v) is 4.17. The predicted molar refractivity (Wildman–Crippen MR) is 73.1 cm³/mol. The molecule has 2 rings (SSSR count). The van der Waals surface area contributed by atoms with Gasteiger partial charge in [0, 0.05) is 11.1 Å². The number of hydrogen-bond acceptors (Lipinski definition) is 3. The highest BCUT2D eigenvalue weighted by Crippen LogP contribution is 2.22. The molecule has 0 bridgehead atoms. The standard InChI is InChI=1S/C11H8BrFN2S2/c12-9-5-14-10(15-11(9)16)6-17-8-3-1-2-7(13)4-8/h1-5H,6H2,(H,14,15,16). The Kier molecular flexibility index (Phi) is 4.31. The third-order valence-electron chi connectivity index (χ3n) is 1.98. The molecule has 0 aliphatic rings. The molecule has 1 aromatic carbocycles. The van der Waals surface area contributed by atoms with E-state index in [2.05, 4.69) is 25.9 Å². The summed E-state index contributed by atoms with van der Waals surface area (Å²) in [6, 6.07) is 6.48. The van der Waals surface area contributed by atoms with Crippen molar-refractivity contribution in [1.82, 2.24) is 9.97 Å². The van der Waals surface area contributed by atoms with Crippen molar-refractivity contribution in [3.05, 3.63) is 51.2 Å². The minimum atomic E-state index is -0.230. The minimum absolute atomic E-state index is 0.230. The Morgan fingerprint density at radius 1 is 1.47 bits per heavy atom. The Balaban J connectivity index is 2.07. The van der Waals surface area contributed by atoms with E-state index in [1.807, 2.05) is 6.07 Å². The average molecular weight is 331 g/mol.